The van der Waals surface area contributed by atoms with Crippen LogP contribution in [0.3, 0.4) is 0 Å². The number of rotatable bonds is 4. The molecular weight excluding hydrogens is 380 g/mol. The number of thiophene rings is 1. The highest BCUT2D eigenvalue weighted by Gasteiger charge is 2.22. The Morgan fingerprint density at radius 2 is 2.04 bits per heavy atom. The van der Waals surface area contributed by atoms with Gasteiger partial charge in [-0.25, -0.2) is 0 Å². The summed E-state index contributed by atoms with van der Waals surface area (Å²) in [5.41, 5.74) is 3.01. The van der Waals surface area contributed by atoms with E-state index in [4.69, 9.17) is 16.3 Å². The van der Waals surface area contributed by atoms with Crippen molar-refractivity contribution in [1.29, 1.82) is 5.26 Å². The molecular formula is C21H19ClN2O2S. The van der Waals surface area contributed by atoms with Crippen LogP contribution < -0.4 is 4.74 Å². The third kappa shape index (κ3) is 3.66. The summed E-state index contributed by atoms with van der Waals surface area (Å²) in [7, 11) is 0. The minimum atomic E-state index is -0.0229. The molecule has 3 aromatic rings. The molecule has 0 aliphatic heterocycles. The summed E-state index contributed by atoms with van der Waals surface area (Å²) in [6.45, 7) is -0.0229. The molecule has 138 valence electrons. The average molecular weight is 399 g/mol. The summed E-state index contributed by atoms with van der Waals surface area (Å²) >= 11 is 7.82. The van der Waals surface area contributed by atoms with E-state index in [2.05, 4.69) is 11.1 Å². The number of ether oxygens (including phenoxy) is 1. The Hall–Kier alpha value is -2.13. The number of halogens is 1. The summed E-state index contributed by atoms with van der Waals surface area (Å²) in [4.78, 5) is 5.26. The van der Waals surface area contributed by atoms with Crippen molar-refractivity contribution >= 4 is 33.2 Å². The predicted octanol–water partition coefficient (Wildman–Crippen LogP) is 5.69. The summed E-state index contributed by atoms with van der Waals surface area (Å²) in [5, 5.41) is 19.7. The van der Waals surface area contributed by atoms with E-state index < -0.39 is 0 Å². The Balaban J connectivity index is 1.88. The van der Waals surface area contributed by atoms with Gasteiger partial charge in [0.1, 0.15) is 11.8 Å². The van der Waals surface area contributed by atoms with Gasteiger partial charge in [-0.1, -0.05) is 18.0 Å². The fourth-order valence-corrected chi connectivity index (χ4v) is 4.85. The van der Waals surface area contributed by atoms with Gasteiger partial charge in [-0.3, -0.25) is 4.98 Å². The highest BCUT2D eigenvalue weighted by Crippen LogP contribution is 2.42. The first-order valence-corrected chi connectivity index (χ1v) is 10.3. The standard InChI is InChI=1S/C21H19ClN2O2S/c22-14-8-13(11-23)20(26-15-4-2-1-3-5-15)18(9-14)17-6-7-24-19-10-16(12-25)27-21(17)19/h6-10,15,25H,1-5,12H2. The second-order valence-electron chi connectivity index (χ2n) is 6.76. The molecule has 1 aliphatic rings. The van der Waals surface area contributed by atoms with Gasteiger partial charge in [0.15, 0.2) is 0 Å². The Labute approximate surface area is 167 Å². The lowest BCUT2D eigenvalue weighted by Crippen LogP contribution is -2.20. The molecule has 1 fully saturated rings. The molecule has 0 unspecified atom stereocenters. The molecule has 1 N–H and O–H groups in total. The number of aliphatic hydroxyl groups excluding tert-OH is 1. The summed E-state index contributed by atoms with van der Waals surface area (Å²) in [6.07, 6.45) is 7.42. The second-order valence-corrected chi connectivity index (χ2v) is 8.34. The van der Waals surface area contributed by atoms with Gasteiger partial charge in [0.2, 0.25) is 0 Å². The third-order valence-electron chi connectivity index (χ3n) is 4.92. The van der Waals surface area contributed by atoms with Gasteiger partial charge < -0.3 is 9.84 Å². The van der Waals surface area contributed by atoms with Crippen molar-refractivity contribution < 1.29 is 9.84 Å². The molecule has 1 aromatic carbocycles. The number of pyridine rings is 1. The van der Waals surface area contributed by atoms with E-state index in [1.165, 1.54) is 17.8 Å². The topological polar surface area (TPSA) is 66.1 Å². The lowest BCUT2D eigenvalue weighted by molar-refractivity contribution is 0.155. The highest BCUT2D eigenvalue weighted by molar-refractivity contribution is 7.19. The van der Waals surface area contributed by atoms with E-state index in [0.29, 0.717) is 16.3 Å². The van der Waals surface area contributed by atoms with Crippen molar-refractivity contribution in [3.63, 3.8) is 0 Å². The molecule has 1 saturated carbocycles. The van der Waals surface area contributed by atoms with Crippen molar-refractivity contribution in [1.82, 2.24) is 4.98 Å². The number of hydrogen-bond donors (Lipinski definition) is 1. The zero-order chi connectivity index (χ0) is 18.8. The Bertz CT molecular complexity index is 1020. The van der Waals surface area contributed by atoms with Crippen LogP contribution in [-0.4, -0.2) is 16.2 Å². The first-order chi connectivity index (χ1) is 13.2. The Morgan fingerprint density at radius 1 is 1.22 bits per heavy atom. The smallest absolute Gasteiger partial charge is 0.145 e. The highest BCUT2D eigenvalue weighted by atomic mass is 35.5. The quantitative estimate of drug-likeness (QED) is 0.612. The summed E-state index contributed by atoms with van der Waals surface area (Å²) in [6, 6.07) is 9.56. The van der Waals surface area contributed by atoms with Crippen molar-refractivity contribution in [2.24, 2.45) is 0 Å². The molecule has 0 saturated heterocycles. The number of nitriles is 1. The summed E-state index contributed by atoms with van der Waals surface area (Å²) in [5.74, 6) is 0.597. The second kappa shape index (κ2) is 7.85. The number of fused-ring (bicyclic) bond motifs is 1. The molecule has 1 aliphatic carbocycles. The van der Waals surface area contributed by atoms with E-state index in [9.17, 15) is 10.4 Å². The molecule has 0 atom stereocenters. The maximum absolute atomic E-state index is 9.67. The van der Waals surface area contributed by atoms with Gasteiger partial charge in [-0.15, -0.1) is 11.3 Å². The first-order valence-electron chi connectivity index (χ1n) is 9.08. The lowest BCUT2D eigenvalue weighted by Gasteiger charge is -2.25. The van der Waals surface area contributed by atoms with Crippen molar-refractivity contribution in [2.75, 3.05) is 0 Å². The number of benzene rings is 1. The van der Waals surface area contributed by atoms with Crippen LogP contribution in [-0.2, 0) is 6.61 Å². The zero-order valence-electron chi connectivity index (χ0n) is 14.7. The SMILES string of the molecule is N#Cc1cc(Cl)cc(-c2ccnc3cc(CO)sc23)c1OC1CCCCC1. The maximum Gasteiger partial charge on any atom is 0.145 e. The lowest BCUT2D eigenvalue weighted by atomic mass is 9.97. The van der Waals surface area contributed by atoms with E-state index >= 15 is 0 Å². The molecule has 6 heteroatoms. The monoisotopic (exact) mass is 398 g/mol. The molecule has 0 spiro atoms. The van der Waals surface area contributed by atoms with Crippen LogP contribution in [0.4, 0.5) is 0 Å². The minimum Gasteiger partial charge on any atom is -0.488 e. The van der Waals surface area contributed by atoms with E-state index in [-0.39, 0.29) is 12.7 Å². The Kier molecular flexibility index (Phi) is 5.31. The normalized spacial score (nSPS) is 15.0. The van der Waals surface area contributed by atoms with Gasteiger partial charge in [-0.05, 0) is 49.9 Å². The summed E-state index contributed by atoms with van der Waals surface area (Å²) < 4.78 is 7.31. The van der Waals surface area contributed by atoms with Crippen molar-refractivity contribution in [2.45, 2.75) is 44.8 Å². The fourth-order valence-electron chi connectivity index (χ4n) is 3.63. The molecule has 27 heavy (non-hydrogen) atoms. The third-order valence-corrected chi connectivity index (χ3v) is 6.28. The van der Waals surface area contributed by atoms with Crippen LogP contribution in [0.15, 0.2) is 30.5 Å². The first kappa shape index (κ1) is 18.2. The largest absolute Gasteiger partial charge is 0.488 e. The molecule has 0 bridgehead atoms. The van der Waals surface area contributed by atoms with Gasteiger partial charge in [0, 0.05) is 27.2 Å². The van der Waals surface area contributed by atoms with Crippen LogP contribution >= 0.6 is 22.9 Å². The zero-order valence-corrected chi connectivity index (χ0v) is 16.3. The van der Waals surface area contributed by atoms with E-state index in [1.54, 1.807) is 12.3 Å². The average Bonchev–Trinajstić information content (AvgIpc) is 3.13. The number of aromatic nitrogens is 1. The molecule has 4 rings (SSSR count). The number of hydrogen-bond acceptors (Lipinski definition) is 5. The van der Waals surface area contributed by atoms with Crippen molar-refractivity contribution in [3.8, 4) is 22.9 Å². The molecule has 2 heterocycles. The number of aliphatic hydroxyl groups is 1. The van der Waals surface area contributed by atoms with Gasteiger partial charge in [-0.2, -0.15) is 5.26 Å². The van der Waals surface area contributed by atoms with Crippen LogP contribution in [0, 0.1) is 11.3 Å². The molecule has 0 radical (unpaired) electrons. The van der Waals surface area contributed by atoms with E-state index in [0.717, 1.165) is 51.9 Å². The van der Waals surface area contributed by atoms with Crippen LogP contribution in [0.5, 0.6) is 5.75 Å². The molecule has 2 aromatic heterocycles. The van der Waals surface area contributed by atoms with Gasteiger partial charge in [0.05, 0.1) is 28.5 Å². The van der Waals surface area contributed by atoms with E-state index in [1.807, 2.05) is 18.2 Å². The maximum atomic E-state index is 9.67. The van der Waals surface area contributed by atoms with Crippen LogP contribution in [0.2, 0.25) is 5.02 Å². The van der Waals surface area contributed by atoms with Gasteiger partial charge in [0.25, 0.3) is 0 Å². The minimum absolute atomic E-state index is 0.0229. The van der Waals surface area contributed by atoms with Crippen molar-refractivity contribution in [3.05, 3.63) is 45.9 Å². The predicted molar refractivity (Wildman–Crippen MR) is 108 cm³/mol. The molecule has 0 amide bonds. The van der Waals surface area contributed by atoms with Crippen LogP contribution in [0.1, 0.15) is 42.5 Å². The van der Waals surface area contributed by atoms with Crippen LogP contribution in [0.25, 0.3) is 21.3 Å². The fraction of sp³-hybridized carbons (Fsp3) is 0.333. The van der Waals surface area contributed by atoms with Gasteiger partial charge >= 0.3 is 0 Å². The number of nitrogens with zero attached hydrogens (tertiary/aromatic N) is 2. The Morgan fingerprint density at radius 3 is 2.78 bits per heavy atom. The molecule has 4 nitrogen and oxygen atoms in total.